The van der Waals surface area contributed by atoms with Crippen molar-refractivity contribution in [1.29, 1.82) is 0 Å². The zero-order valence-electron chi connectivity index (χ0n) is 9.62. The molecule has 0 saturated heterocycles. The molecule has 0 spiro atoms. The molecule has 0 saturated carbocycles. The normalized spacial score (nSPS) is 13.2. The summed E-state index contributed by atoms with van der Waals surface area (Å²) in [4.78, 5) is 0. The third kappa shape index (κ3) is 1.23. The Labute approximate surface area is 96.3 Å². The Bertz CT molecular complexity index is 581. The van der Waals surface area contributed by atoms with Crippen molar-refractivity contribution in [3.05, 3.63) is 59.2 Å². The van der Waals surface area contributed by atoms with Gasteiger partial charge in [0.15, 0.2) is 0 Å². The van der Waals surface area contributed by atoms with Crippen molar-refractivity contribution >= 4 is 11.6 Å². The maximum Gasteiger partial charge on any atom is -0.00990 e. The minimum absolute atomic E-state index is 1.33. The standard InChI is InChI=1S/C16H14/c1-11(2)13-8-9-15-14-7-5-3-4-6-12(14)10-16(13)15/h3-10H,1-2H3. The van der Waals surface area contributed by atoms with E-state index >= 15 is 0 Å². The zero-order chi connectivity index (χ0) is 11.1. The van der Waals surface area contributed by atoms with Crippen molar-refractivity contribution in [1.82, 2.24) is 0 Å². The second kappa shape index (κ2) is 3.34. The first-order valence-corrected chi connectivity index (χ1v) is 5.65. The van der Waals surface area contributed by atoms with Crippen LogP contribution >= 0.6 is 0 Å². The Balaban J connectivity index is 2.35. The van der Waals surface area contributed by atoms with Crippen LogP contribution in [0.1, 0.15) is 25.0 Å². The van der Waals surface area contributed by atoms with Crippen LogP contribution in [-0.4, -0.2) is 0 Å². The molecule has 0 aromatic carbocycles. The van der Waals surface area contributed by atoms with Gasteiger partial charge in [0.1, 0.15) is 0 Å². The Morgan fingerprint density at radius 1 is 0.875 bits per heavy atom. The fraction of sp³-hybridized carbons (Fsp3) is 0.125. The van der Waals surface area contributed by atoms with Gasteiger partial charge in [-0.15, -0.1) is 0 Å². The minimum atomic E-state index is 1.33. The van der Waals surface area contributed by atoms with Crippen LogP contribution in [-0.2, 0) is 0 Å². The maximum atomic E-state index is 2.30. The monoisotopic (exact) mass is 206 g/mol. The van der Waals surface area contributed by atoms with E-state index in [0.717, 1.165) is 0 Å². The number of allylic oxidation sites excluding steroid dienone is 3. The Hall–Kier alpha value is -1.82. The summed E-state index contributed by atoms with van der Waals surface area (Å²) in [5.41, 5.74) is 8.22. The molecule has 0 radical (unpaired) electrons. The van der Waals surface area contributed by atoms with E-state index in [1.54, 1.807) is 0 Å². The zero-order valence-corrected chi connectivity index (χ0v) is 9.62. The van der Waals surface area contributed by atoms with E-state index < -0.39 is 0 Å². The van der Waals surface area contributed by atoms with E-state index in [0.29, 0.717) is 0 Å². The highest BCUT2D eigenvalue weighted by molar-refractivity contribution is 5.99. The molecule has 0 heterocycles. The van der Waals surface area contributed by atoms with Gasteiger partial charge < -0.3 is 0 Å². The van der Waals surface area contributed by atoms with E-state index in [9.17, 15) is 0 Å². The van der Waals surface area contributed by atoms with Gasteiger partial charge >= 0.3 is 0 Å². The lowest BCUT2D eigenvalue weighted by atomic mass is 10.1. The smallest absolute Gasteiger partial charge is 0.00990 e. The third-order valence-corrected chi connectivity index (χ3v) is 3.20. The van der Waals surface area contributed by atoms with Gasteiger partial charge in [-0.2, -0.15) is 0 Å². The molecule has 78 valence electrons. The van der Waals surface area contributed by atoms with Crippen LogP contribution in [0.5, 0.6) is 0 Å². The van der Waals surface area contributed by atoms with Crippen LogP contribution in [0, 0.1) is 0 Å². The van der Waals surface area contributed by atoms with Gasteiger partial charge in [0.05, 0.1) is 0 Å². The molecule has 0 aromatic rings. The molecule has 0 N–H and O–H groups in total. The molecule has 0 amide bonds. The summed E-state index contributed by atoms with van der Waals surface area (Å²) in [6, 6.07) is 13.0. The summed E-state index contributed by atoms with van der Waals surface area (Å²) < 4.78 is 0. The van der Waals surface area contributed by atoms with Crippen LogP contribution in [0.15, 0.2) is 48.0 Å². The van der Waals surface area contributed by atoms with Crippen molar-refractivity contribution in [2.24, 2.45) is 0 Å². The molecule has 16 heavy (non-hydrogen) atoms. The number of hydrogen-bond acceptors (Lipinski definition) is 0. The fourth-order valence-electron chi connectivity index (χ4n) is 2.41. The van der Waals surface area contributed by atoms with Gasteiger partial charge in [-0.25, -0.2) is 0 Å². The Morgan fingerprint density at radius 3 is 2.50 bits per heavy atom. The summed E-state index contributed by atoms with van der Waals surface area (Å²) in [7, 11) is 0. The summed E-state index contributed by atoms with van der Waals surface area (Å²) in [5, 5.41) is 0. The molecule has 0 atom stereocenters. The van der Waals surface area contributed by atoms with Crippen molar-refractivity contribution < 1.29 is 0 Å². The molecule has 0 fully saturated rings. The molecular weight excluding hydrogens is 192 g/mol. The number of hydrogen-bond donors (Lipinski definition) is 0. The molecule has 3 rings (SSSR count). The minimum Gasteiger partial charge on any atom is -0.0686 e. The maximum absolute atomic E-state index is 2.30. The molecule has 0 heteroatoms. The van der Waals surface area contributed by atoms with Crippen molar-refractivity contribution in [3.63, 3.8) is 0 Å². The fourth-order valence-corrected chi connectivity index (χ4v) is 2.41. The molecule has 0 unspecified atom stereocenters. The van der Waals surface area contributed by atoms with Gasteiger partial charge in [0, 0.05) is 0 Å². The molecule has 0 nitrogen and oxygen atoms in total. The quantitative estimate of drug-likeness (QED) is 0.590. The SMILES string of the molecule is CC(C)=C1C=Cc2c1cc1cccccc2-1. The average molecular weight is 206 g/mol. The molecule has 3 aliphatic carbocycles. The highest BCUT2D eigenvalue weighted by Crippen LogP contribution is 2.41. The van der Waals surface area contributed by atoms with Gasteiger partial charge in [-0.1, -0.05) is 48.1 Å². The largest absolute Gasteiger partial charge is 0.0686 e. The van der Waals surface area contributed by atoms with Crippen LogP contribution in [0.4, 0.5) is 0 Å². The average Bonchev–Trinajstić information content (AvgIpc) is 2.70. The van der Waals surface area contributed by atoms with Gasteiger partial charge in [0.25, 0.3) is 0 Å². The van der Waals surface area contributed by atoms with Crippen LogP contribution in [0.2, 0.25) is 0 Å². The summed E-state index contributed by atoms with van der Waals surface area (Å²) >= 11 is 0. The van der Waals surface area contributed by atoms with Gasteiger partial charge in [0.2, 0.25) is 0 Å². The molecule has 0 aromatic heterocycles. The van der Waals surface area contributed by atoms with E-state index in [2.05, 4.69) is 62.4 Å². The van der Waals surface area contributed by atoms with Gasteiger partial charge in [-0.05, 0) is 47.7 Å². The second-order valence-electron chi connectivity index (χ2n) is 4.50. The predicted molar refractivity (Wildman–Crippen MR) is 70.4 cm³/mol. The second-order valence-corrected chi connectivity index (χ2v) is 4.50. The van der Waals surface area contributed by atoms with Crippen molar-refractivity contribution in [3.8, 4) is 11.1 Å². The lowest BCUT2D eigenvalue weighted by Gasteiger charge is -1.97. The van der Waals surface area contributed by atoms with E-state index in [4.69, 9.17) is 0 Å². The van der Waals surface area contributed by atoms with Crippen LogP contribution in [0.25, 0.3) is 22.8 Å². The van der Waals surface area contributed by atoms with Crippen molar-refractivity contribution in [2.75, 3.05) is 0 Å². The summed E-state index contributed by atoms with van der Waals surface area (Å²) in [6.45, 7) is 4.35. The van der Waals surface area contributed by atoms with E-state index in [1.807, 2.05) is 0 Å². The number of fused-ring (bicyclic) bond motifs is 3. The van der Waals surface area contributed by atoms with Crippen molar-refractivity contribution in [2.45, 2.75) is 13.8 Å². The first-order chi connectivity index (χ1) is 7.77. The molecule has 3 aliphatic rings. The van der Waals surface area contributed by atoms with E-state index in [1.165, 1.54) is 33.4 Å². The van der Waals surface area contributed by atoms with Crippen LogP contribution in [0.3, 0.4) is 0 Å². The van der Waals surface area contributed by atoms with Gasteiger partial charge in [-0.3, -0.25) is 0 Å². The summed E-state index contributed by atoms with van der Waals surface area (Å²) in [5.74, 6) is 0. The first kappa shape index (κ1) is 9.41. The topological polar surface area (TPSA) is 0 Å². The lowest BCUT2D eigenvalue weighted by molar-refractivity contribution is 1.40. The highest BCUT2D eigenvalue weighted by Gasteiger charge is 2.19. The Morgan fingerprint density at radius 2 is 1.69 bits per heavy atom. The summed E-state index contributed by atoms with van der Waals surface area (Å²) in [6.07, 6.45) is 4.46. The molecular formula is C16H14. The van der Waals surface area contributed by atoms with E-state index in [-0.39, 0.29) is 0 Å². The lowest BCUT2D eigenvalue weighted by Crippen LogP contribution is -1.76. The molecule has 0 bridgehead atoms. The third-order valence-electron chi connectivity index (χ3n) is 3.20. The molecule has 0 aliphatic heterocycles. The Kier molecular flexibility index (Phi) is 1.97. The number of rotatable bonds is 0. The first-order valence-electron chi connectivity index (χ1n) is 5.65. The highest BCUT2D eigenvalue weighted by atomic mass is 14.2. The predicted octanol–water partition coefficient (Wildman–Crippen LogP) is 4.61. The van der Waals surface area contributed by atoms with Crippen LogP contribution < -0.4 is 0 Å².